The van der Waals surface area contributed by atoms with Crippen LogP contribution in [-0.4, -0.2) is 33.2 Å². The summed E-state index contributed by atoms with van der Waals surface area (Å²) in [5, 5.41) is 11.0. The first kappa shape index (κ1) is 12.4. The summed E-state index contributed by atoms with van der Waals surface area (Å²) < 4.78 is 4.27. The molecule has 100 valence electrons. The summed E-state index contributed by atoms with van der Waals surface area (Å²) in [5.74, 6) is 1.58. The third kappa shape index (κ3) is 2.38. The number of β-amino-alcohol motifs (C(OH)–C–C–N with tert-alkyl or cyclic N) is 1. The molecule has 0 amide bonds. The Balaban J connectivity index is 1.78. The van der Waals surface area contributed by atoms with Crippen LogP contribution in [0.2, 0.25) is 0 Å². The minimum atomic E-state index is -0.193. The molecule has 4 nitrogen and oxygen atoms in total. The standard InChI is InChI=1S/C13H21N3OS/c1-9-14-13(18-15-9)16-8-11(17)7-12(16)10-5-3-2-4-6-10/h10-12,17H,2-8H2,1H3/t11-,12+/m1/s1. The Morgan fingerprint density at radius 2 is 2.06 bits per heavy atom. The van der Waals surface area contributed by atoms with Crippen molar-refractivity contribution >= 4 is 16.7 Å². The van der Waals surface area contributed by atoms with Gasteiger partial charge in [-0.2, -0.15) is 4.37 Å². The van der Waals surface area contributed by atoms with Crippen LogP contribution in [0, 0.1) is 12.8 Å². The normalized spacial score (nSPS) is 30.0. The van der Waals surface area contributed by atoms with Crippen LogP contribution in [0.4, 0.5) is 5.13 Å². The third-order valence-corrected chi connectivity index (χ3v) is 5.12. The van der Waals surface area contributed by atoms with Gasteiger partial charge in [0.15, 0.2) is 0 Å². The molecule has 2 atom stereocenters. The maximum atomic E-state index is 9.98. The lowest BCUT2D eigenvalue weighted by Gasteiger charge is -2.33. The van der Waals surface area contributed by atoms with Crippen molar-refractivity contribution in [2.45, 2.75) is 57.6 Å². The molecular weight excluding hydrogens is 246 g/mol. The highest BCUT2D eigenvalue weighted by Gasteiger charge is 2.38. The maximum Gasteiger partial charge on any atom is 0.205 e. The quantitative estimate of drug-likeness (QED) is 0.893. The largest absolute Gasteiger partial charge is 0.391 e. The van der Waals surface area contributed by atoms with Crippen LogP contribution in [0.25, 0.3) is 0 Å². The van der Waals surface area contributed by atoms with Gasteiger partial charge in [-0.25, -0.2) is 4.98 Å². The molecular formula is C13H21N3OS. The van der Waals surface area contributed by atoms with E-state index in [4.69, 9.17) is 0 Å². The van der Waals surface area contributed by atoms with Crippen molar-refractivity contribution in [3.8, 4) is 0 Å². The predicted molar refractivity (Wildman–Crippen MR) is 73.0 cm³/mol. The Hall–Kier alpha value is -0.680. The summed E-state index contributed by atoms with van der Waals surface area (Å²) in [6, 6.07) is 0.479. The van der Waals surface area contributed by atoms with E-state index >= 15 is 0 Å². The van der Waals surface area contributed by atoms with E-state index in [1.807, 2.05) is 6.92 Å². The van der Waals surface area contributed by atoms with Gasteiger partial charge in [0.1, 0.15) is 5.82 Å². The topological polar surface area (TPSA) is 49.2 Å². The first-order valence-electron chi connectivity index (χ1n) is 6.99. The van der Waals surface area contributed by atoms with Crippen molar-refractivity contribution in [3.05, 3.63) is 5.82 Å². The number of aliphatic hydroxyl groups is 1. The first-order chi connectivity index (χ1) is 8.74. The molecule has 0 unspecified atom stereocenters. The molecule has 1 saturated heterocycles. The maximum absolute atomic E-state index is 9.98. The van der Waals surface area contributed by atoms with E-state index in [1.165, 1.54) is 43.6 Å². The van der Waals surface area contributed by atoms with E-state index in [1.54, 1.807) is 0 Å². The van der Waals surface area contributed by atoms with E-state index in [-0.39, 0.29) is 6.10 Å². The second-order valence-corrected chi connectivity index (χ2v) is 6.36. The van der Waals surface area contributed by atoms with Crippen LogP contribution < -0.4 is 4.90 Å². The highest BCUT2D eigenvalue weighted by molar-refractivity contribution is 7.09. The number of hydrogen-bond donors (Lipinski definition) is 1. The first-order valence-corrected chi connectivity index (χ1v) is 7.76. The summed E-state index contributed by atoms with van der Waals surface area (Å²) in [5.41, 5.74) is 0. The fraction of sp³-hybridized carbons (Fsp3) is 0.846. The molecule has 2 fully saturated rings. The Bertz CT molecular complexity index is 403. The lowest BCUT2D eigenvalue weighted by atomic mass is 9.83. The summed E-state index contributed by atoms with van der Waals surface area (Å²) in [6.07, 6.45) is 7.41. The predicted octanol–water partition coefficient (Wildman–Crippen LogP) is 2.37. The van der Waals surface area contributed by atoms with E-state index in [0.717, 1.165) is 29.8 Å². The Kier molecular flexibility index (Phi) is 3.52. The van der Waals surface area contributed by atoms with E-state index in [0.29, 0.717) is 6.04 Å². The molecule has 1 aliphatic heterocycles. The zero-order valence-electron chi connectivity index (χ0n) is 10.9. The molecule has 1 N–H and O–H groups in total. The number of nitrogens with zero attached hydrogens (tertiary/aromatic N) is 3. The van der Waals surface area contributed by atoms with Gasteiger partial charge in [0.2, 0.25) is 5.13 Å². The Morgan fingerprint density at radius 1 is 1.28 bits per heavy atom. The van der Waals surface area contributed by atoms with Crippen LogP contribution in [-0.2, 0) is 0 Å². The second kappa shape index (κ2) is 5.13. The van der Waals surface area contributed by atoms with Crippen molar-refractivity contribution in [3.63, 3.8) is 0 Å². The number of aromatic nitrogens is 2. The molecule has 1 aromatic heterocycles. The Morgan fingerprint density at radius 3 is 2.72 bits per heavy atom. The van der Waals surface area contributed by atoms with E-state index in [9.17, 15) is 5.11 Å². The average Bonchev–Trinajstić information content (AvgIpc) is 2.96. The molecule has 1 aromatic rings. The number of hydrogen-bond acceptors (Lipinski definition) is 5. The smallest absolute Gasteiger partial charge is 0.205 e. The molecule has 1 saturated carbocycles. The van der Waals surface area contributed by atoms with Gasteiger partial charge >= 0.3 is 0 Å². The average molecular weight is 267 g/mol. The van der Waals surface area contributed by atoms with Gasteiger partial charge < -0.3 is 10.0 Å². The van der Waals surface area contributed by atoms with Crippen LogP contribution in [0.1, 0.15) is 44.3 Å². The summed E-state index contributed by atoms with van der Waals surface area (Å²) in [4.78, 5) is 6.81. The summed E-state index contributed by atoms with van der Waals surface area (Å²) in [6.45, 7) is 2.66. The van der Waals surface area contributed by atoms with Crippen molar-refractivity contribution < 1.29 is 5.11 Å². The fourth-order valence-electron chi connectivity index (χ4n) is 3.43. The molecule has 3 rings (SSSR count). The Labute approximate surface area is 112 Å². The molecule has 0 radical (unpaired) electrons. The van der Waals surface area contributed by atoms with Gasteiger partial charge in [0, 0.05) is 24.1 Å². The number of aliphatic hydroxyl groups excluding tert-OH is 1. The van der Waals surface area contributed by atoms with Crippen molar-refractivity contribution in [1.82, 2.24) is 9.36 Å². The minimum absolute atomic E-state index is 0.193. The highest BCUT2D eigenvalue weighted by Crippen LogP contribution is 2.37. The second-order valence-electron chi connectivity index (χ2n) is 5.63. The highest BCUT2D eigenvalue weighted by atomic mass is 32.1. The van der Waals surface area contributed by atoms with E-state index < -0.39 is 0 Å². The van der Waals surface area contributed by atoms with Crippen LogP contribution in [0.3, 0.4) is 0 Å². The third-order valence-electron chi connectivity index (χ3n) is 4.28. The zero-order valence-corrected chi connectivity index (χ0v) is 11.7. The van der Waals surface area contributed by atoms with Crippen LogP contribution >= 0.6 is 11.5 Å². The minimum Gasteiger partial charge on any atom is -0.391 e. The summed E-state index contributed by atoms with van der Waals surface area (Å²) in [7, 11) is 0. The van der Waals surface area contributed by atoms with Gasteiger partial charge in [-0.3, -0.25) is 0 Å². The van der Waals surface area contributed by atoms with Gasteiger partial charge in [0.25, 0.3) is 0 Å². The van der Waals surface area contributed by atoms with Gasteiger partial charge in [-0.15, -0.1) is 0 Å². The van der Waals surface area contributed by atoms with Gasteiger partial charge in [-0.05, 0) is 32.1 Å². The van der Waals surface area contributed by atoms with Crippen LogP contribution in [0.5, 0.6) is 0 Å². The molecule has 5 heteroatoms. The van der Waals surface area contributed by atoms with Gasteiger partial charge in [0.05, 0.1) is 6.10 Å². The lowest BCUT2D eigenvalue weighted by Crippen LogP contribution is -2.36. The molecule has 0 bridgehead atoms. The SMILES string of the molecule is Cc1nsc(N2C[C@H](O)C[C@H]2C2CCCCC2)n1. The lowest BCUT2D eigenvalue weighted by molar-refractivity contribution is 0.185. The number of aryl methyl sites for hydroxylation is 1. The number of rotatable bonds is 2. The molecule has 0 aromatic carbocycles. The monoisotopic (exact) mass is 267 g/mol. The molecule has 18 heavy (non-hydrogen) atoms. The zero-order chi connectivity index (χ0) is 12.5. The van der Waals surface area contributed by atoms with Gasteiger partial charge in [-0.1, -0.05) is 19.3 Å². The molecule has 2 heterocycles. The van der Waals surface area contributed by atoms with Crippen molar-refractivity contribution in [2.75, 3.05) is 11.4 Å². The van der Waals surface area contributed by atoms with Crippen molar-refractivity contribution in [1.29, 1.82) is 0 Å². The summed E-state index contributed by atoms with van der Waals surface area (Å²) >= 11 is 1.47. The molecule has 0 spiro atoms. The number of anilines is 1. The van der Waals surface area contributed by atoms with Crippen molar-refractivity contribution in [2.24, 2.45) is 5.92 Å². The fourth-order valence-corrected chi connectivity index (χ4v) is 4.17. The molecule has 1 aliphatic carbocycles. The molecule has 2 aliphatic rings. The van der Waals surface area contributed by atoms with Crippen LogP contribution in [0.15, 0.2) is 0 Å². The van der Waals surface area contributed by atoms with E-state index in [2.05, 4.69) is 14.3 Å².